The maximum atomic E-state index is 13.0. The Kier molecular flexibility index (Phi) is 6.47. The fraction of sp³-hybridized carbons (Fsp3) is 0.368. The summed E-state index contributed by atoms with van der Waals surface area (Å²) in [6, 6.07) is 1.37. The van der Waals surface area contributed by atoms with Gasteiger partial charge in [-0.1, -0.05) is 13.8 Å². The van der Waals surface area contributed by atoms with E-state index < -0.39 is 17.6 Å². The molecule has 2 N–H and O–H groups in total. The molecule has 0 fully saturated rings. The fourth-order valence-electron chi connectivity index (χ4n) is 2.76. The van der Waals surface area contributed by atoms with Crippen molar-refractivity contribution >= 4 is 11.9 Å². The van der Waals surface area contributed by atoms with E-state index in [2.05, 4.69) is 35.8 Å². The molecule has 3 aromatic heterocycles. The molecule has 9 nitrogen and oxygen atoms in total. The van der Waals surface area contributed by atoms with Crippen molar-refractivity contribution in [2.75, 3.05) is 11.9 Å². The van der Waals surface area contributed by atoms with Crippen LogP contribution in [0.15, 0.2) is 37.1 Å². The van der Waals surface area contributed by atoms with Crippen LogP contribution in [-0.2, 0) is 6.18 Å². The summed E-state index contributed by atoms with van der Waals surface area (Å²) < 4.78 is 37.9. The number of halogens is 3. The molecule has 0 aliphatic heterocycles. The van der Waals surface area contributed by atoms with Crippen LogP contribution >= 0.6 is 0 Å². The van der Waals surface area contributed by atoms with Crippen molar-refractivity contribution < 1.29 is 18.0 Å². The van der Waals surface area contributed by atoms with Gasteiger partial charge in [-0.05, 0) is 24.5 Å². The number of nitrogens with zero attached hydrogens (tertiary/aromatic N) is 6. The van der Waals surface area contributed by atoms with Crippen molar-refractivity contribution in [3.8, 4) is 5.69 Å². The van der Waals surface area contributed by atoms with Crippen molar-refractivity contribution in [3.05, 3.63) is 53.9 Å². The summed E-state index contributed by atoms with van der Waals surface area (Å²) in [7, 11) is 0. The van der Waals surface area contributed by atoms with Crippen LogP contribution in [0.1, 0.15) is 35.5 Å². The number of alkyl halides is 3. The average Bonchev–Trinajstić information content (AvgIpc) is 3.24. The van der Waals surface area contributed by atoms with Crippen LogP contribution < -0.4 is 10.6 Å². The van der Waals surface area contributed by atoms with Crippen molar-refractivity contribution in [1.82, 2.24) is 35.3 Å². The molecule has 0 bridgehead atoms. The predicted octanol–water partition coefficient (Wildman–Crippen LogP) is 2.65. The Morgan fingerprint density at radius 3 is 2.32 bits per heavy atom. The third-order valence-electron chi connectivity index (χ3n) is 4.54. The molecule has 3 rings (SSSR count). The SMILES string of the molecule is Cc1ccnc(C(=O)NC(CNc2ncc(C(F)(F)F)cn2)C(C)C)c1-n1nccn1. The molecule has 1 amide bonds. The van der Waals surface area contributed by atoms with E-state index in [0.29, 0.717) is 18.1 Å². The Morgan fingerprint density at radius 1 is 1.10 bits per heavy atom. The van der Waals surface area contributed by atoms with Gasteiger partial charge >= 0.3 is 6.18 Å². The fourth-order valence-corrected chi connectivity index (χ4v) is 2.76. The predicted molar refractivity (Wildman–Crippen MR) is 106 cm³/mol. The lowest BCUT2D eigenvalue weighted by Gasteiger charge is -2.23. The first-order valence-corrected chi connectivity index (χ1v) is 9.43. The summed E-state index contributed by atoms with van der Waals surface area (Å²) in [5, 5.41) is 13.9. The van der Waals surface area contributed by atoms with Gasteiger partial charge in [0.25, 0.3) is 5.91 Å². The van der Waals surface area contributed by atoms with Gasteiger partial charge in [0.2, 0.25) is 5.95 Å². The number of aromatic nitrogens is 6. The van der Waals surface area contributed by atoms with E-state index in [1.54, 1.807) is 6.07 Å². The van der Waals surface area contributed by atoms with E-state index in [-0.39, 0.29) is 30.1 Å². The quantitative estimate of drug-likeness (QED) is 0.588. The summed E-state index contributed by atoms with van der Waals surface area (Å²) in [6.45, 7) is 5.83. The number of carbonyl (C=O) groups is 1. The minimum atomic E-state index is -4.51. The van der Waals surface area contributed by atoms with Crippen LogP contribution in [0.4, 0.5) is 19.1 Å². The van der Waals surface area contributed by atoms with Gasteiger partial charge in [0.05, 0.1) is 18.0 Å². The number of amides is 1. The number of hydrogen-bond acceptors (Lipinski definition) is 7. The second-order valence-electron chi connectivity index (χ2n) is 7.14. The molecular formula is C19H21F3N8O. The number of hydrogen-bond donors (Lipinski definition) is 2. The Balaban J connectivity index is 1.73. The van der Waals surface area contributed by atoms with E-state index >= 15 is 0 Å². The van der Waals surface area contributed by atoms with Gasteiger partial charge in [-0.2, -0.15) is 23.4 Å². The first-order chi connectivity index (χ1) is 14.7. The number of aryl methyl sites for hydroxylation is 1. The Bertz CT molecular complexity index is 1020. The minimum Gasteiger partial charge on any atom is -0.352 e. The molecule has 31 heavy (non-hydrogen) atoms. The molecule has 12 heteroatoms. The molecule has 0 aromatic carbocycles. The largest absolute Gasteiger partial charge is 0.419 e. The van der Waals surface area contributed by atoms with Crippen molar-refractivity contribution in [1.29, 1.82) is 0 Å². The van der Waals surface area contributed by atoms with Gasteiger partial charge < -0.3 is 10.6 Å². The third-order valence-corrected chi connectivity index (χ3v) is 4.54. The van der Waals surface area contributed by atoms with E-state index in [1.165, 1.54) is 23.4 Å². The van der Waals surface area contributed by atoms with Crippen LogP contribution in [0.3, 0.4) is 0 Å². The summed E-state index contributed by atoms with van der Waals surface area (Å²) in [5.41, 5.74) is 0.463. The summed E-state index contributed by atoms with van der Waals surface area (Å²) >= 11 is 0. The van der Waals surface area contributed by atoms with E-state index in [9.17, 15) is 18.0 Å². The van der Waals surface area contributed by atoms with Crippen molar-refractivity contribution in [3.63, 3.8) is 0 Å². The standard InChI is InChI=1S/C19H21F3N8O/c1-11(2)14(10-26-18-24-8-13(9-25-18)19(20,21)22)29-17(31)15-16(12(3)4-5-23-15)30-27-6-7-28-30/h4-9,11,14H,10H2,1-3H3,(H,29,31)(H,24,25,26). The number of carbonyl (C=O) groups excluding carboxylic acids is 1. The van der Waals surface area contributed by atoms with Gasteiger partial charge in [-0.15, -0.1) is 4.80 Å². The molecule has 3 heterocycles. The van der Waals surface area contributed by atoms with E-state index in [1.807, 2.05) is 20.8 Å². The molecule has 0 spiro atoms. The lowest BCUT2D eigenvalue weighted by molar-refractivity contribution is -0.138. The average molecular weight is 434 g/mol. The molecule has 0 saturated carbocycles. The molecule has 3 aromatic rings. The van der Waals surface area contributed by atoms with Gasteiger partial charge in [-0.3, -0.25) is 4.79 Å². The van der Waals surface area contributed by atoms with Crippen LogP contribution in [0, 0.1) is 12.8 Å². The Hall–Kier alpha value is -3.57. The summed E-state index contributed by atoms with van der Waals surface area (Å²) in [6.07, 6.45) is 1.43. The highest BCUT2D eigenvalue weighted by molar-refractivity contribution is 5.96. The minimum absolute atomic E-state index is 0.00184. The number of nitrogens with one attached hydrogen (secondary N) is 2. The monoisotopic (exact) mass is 434 g/mol. The smallest absolute Gasteiger partial charge is 0.352 e. The van der Waals surface area contributed by atoms with E-state index in [0.717, 1.165) is 5.56 Å². The second kappa shape index (κ2) is 9.06. The van der Waals surface area contributed by atoms with Crippen LogP contribution in [0.25, 0.3) is 5.69 Å². The van der Waals surface area contributed by atoms with Gasteiger partial charge in [-0.25, -0.2) is 15.0 Å². The molecule has 0 saturated heterocycles. The lowest BCUT2D eigenvalue weighted by atomic mass is 10.0. The first-order valence-electron chi connectivity index (χ1n) is 9.43. The van der Waals surface area contributed by atoms with Crippen LogP contribution in [0.5, 0.6) is 0 Å². The molecule has 0 radical (unpaired) electrons. The third kappa shape index (κ3) is 5.32. The number of pyridine rings is 1. The molecule has 0 aliphatic rings. The van der Waals surface area contributed by atoms with Crippen molar-refractivity contribution in [2.24, 2.45) is 5.92 Å². The van der Waals surface area contributed by atoms with Crippen molar-refractivity contribution in [2.45, 2.75) is 33.0 Å². The maximum Gasteiger partial charge on any atom is 0.419 e. The zero-order valence-corrected chi connectivity index (χ0v) is 17.1. The summed E-state index contributed by atoms with van der Waals surface area (Å²) in [5.74, 6) is -0.394. The molecule has 1 unspecified atom stereocenters. The number of rotatable bonds is 7. The molecular weight excluding hydrogens is 413 g/mol. The zero-order valence-electron chi connectivity index (χ0n) is 17.1. The Labute approximate surface area is 176 Å². The zero-order chi connectivity index (χ0) is 22.6. The topological polar surface area (TPSA) is 111 Å². The second-order valence-corrected chi connectivity index (χ2v) is 7.14. The van der Waals surface area contributed by atoms with Gasteiger partial charge in [0, 0.05) is 31.2 Å². The molecule has 0 aliphatic carbocycles. The molecule has 164 valence electrons. The lowest BCUT2D eigenvalue weighted by Crippen LogP contribution is -2.44. The number of anilines is 1. The normalized spacial score (nSPS) is 12.6. The molecule has 1 atom stereocenters. The van der Waals surface area contributed by atoms with Crippen LogP contribution in [0.2, 0.25) is 0 Å². The van der Waals surface area contributed by atoms with Gasteiger partial charge in [0.15, 0.2) is 5.69 Å². The summed E-state index contributed by atoms with van der Waals surface area (Å²) in [4.78, 5) is 25.9. The van der Waals surface area contributed by atoms with Gasteiger partial charge in [0.1, 0.15) is 5.69 Å². The van der Waals surface area contributed by atoms with Crippen LogP contribution in [-0.4, -0.2) is 48.4 Å². The highest BCUT2D eigenvalue weighted by atomic mass is 19.4. The highest BCUT2D eigenvalue weighted by Gasteiger charge is 2.31. The van der Waals surface area contributed by atoms with E-state index in [4.69, 9.17) is 0 Å². The first kappa shape index (κ1) is 22.1. The Morgan fingerprint density at radius 2 is 1.74 bits per heavy atom. The maximum absolute atomic E-state index is 13.0. The highest BCUT2D eigenvalue weighted by Crippen LogP contribution is 2.28.